The summed E-state index contributed by atoms with van der Waals surface area (Å²) in [5, 5.41) is 4.06. The summed E-state index contributed by atoms with van der Waals surface area (Å²) in [6.45, 7) is 1.10. The SMILES string of the molecule is O=C(C1c2ccccc2Oc2ccccc21)N1CC(c2nc(-c3cccnc3)no2)C1. The maximum atomic E-state index is 13.5. The first-order valence-electron chi connectivity index (χ1n) is 10.2. The first kappa shape index (κ1) is 17.8. The van der Waals surface area contributed by atoms with Crippen molar-refractivity contribution in [3.05, 3.63) is 90.1 Å². The van der Waals surface area contributed by atoms with Crippen molar-refractivity contribution in [2.45, 2.75) is 11.8 Å². The van der Waals surface area contributed by atoms with Gasteiger partial charge in [0.25, 0.3) is 0 Å². The van der Waals surface area contributed by atoms with E-state index in [4.69, 9.17) is 9.26 Å². The van der Waals surface area contributed by atoms with Crippen LogP contribution in [0.5, 0.6) is 11.5 Å². The van der Waals surface area contributed by atoms with Gasteiger partial charge in [-0.2, -0.15) is 4.98 Å². The van der Waals surface area contributed by atoms with Crippen LogP contribution in [0.15, 0.2) is 77.6 Å². The Balaban J connectivity index is 1.23. The minimum Gasteiger partial charge on any atom is -0.457 e. The van der Waals surface area contributed by atoms with Gasteiger partial charge in [-0.1, -0.05) is 41.6 Å². The molecular formula is C24H18N4O3. The molecule has 4 aromatic rings. The maximum absolute atomic E-state index is 13.5. The highest BCUT2D eigenvalue weighted by atomic mass is 16.5. The molecule has 1 fully saturated rings. The summed E-state index contributed by atoms with van der Waals surface area (Å²) in [5.74, 6) is 2.24. The van der Waals surface area contributed by atoms with Gasteiger partial charge in [0.2, 0.25) is 17.6 Å². The summed E-state index contributed by atoms with van der Waals surface area (Å²) in [6.07, 6.45) is 3.40. The van der Waals surface area contributed by atoms with Gasteiger partial charge in [-0.3, -0.25) is 9.78 Å². The third kappa shape index (κ3) is 2.97. The molecule has 7 nitrogen and oxygen atoms in total. The molecule has 152 valence electrons. The fraction of sp³-hybridized carbons (Fsp3) is 0.167. The normalized spacial score (nSPS) is 15.5. The lowest BCUT2D eigenvalue weighted by molar-refractivity contribution is -0.136. The van der Waals surface area contributed by atoms with Crippen LogP contribution >= 0.6 is 0 Å². The van der Waals surface area contributed by atoms with Crippen LogP contribution in [-0.2, 0) is 4.79 Å². The first-order chi connectivity index (χ1) is 15.3. The molecule has 2 aromatic heterocycles. The Morgan fingerprint density at radius 3 is 2.32 bits per heavy atom. The number of rotatable bonds is 3. The fourth-order valence-electron chi connectivity index (χ4n) is 4.19. The molecule has 2 aliphatic heterocycles. The quantitative estimate of drug-likeness (QED) is 0.508. The molecule has 2 aromatic carbocycles. The summed E-state index contributed by atoms with van der Waals surface area (Å²) in [7, 11) is 0. The smallest absolute Gasteiger partial charge is 0.234 e. The number of pyridine rings is 1. The zero-order chi connectivity index (χ0) is 20.8. The lowest BCUT2D eigenvalue weighted by atomic mass is 9.85. The summed E-state index contributed by atoms with van der Waals surface area (Å²) in [5.41, 5.74) is 2.60. The van der Waals surface area contributed by atoms with Gasteiger partial charge in [-0.05, 0) is 24.3 Å². The Bertz CT molecular complexity index is 1220. The zero-order valence-corrected chi connectivity index (χ0v) is 16.5. The third-order valence-corrected chi connectivity index (χ3v) is 5.83. The molecule has 0 radical (unpaired) electrons. The zero-order valence-electron chi connectivity index (χ0n) is 16.5. The third-order valence-electron chi connectivity index (χ3n) is 5.83. The summed E-state index contributed by atoms with van der Waals surface area (Å²) in [6, 6.07) is 19.2. The van der Waals surface area contributed by atoms with E-state index in [0.717, 1.165) is 28.2 Å². The molecule has 7 heteroatoms. The molecule has 0 N–H and O–H groups in total. The number of carbonyl (C=O) groups is 1. The van der Waals surface area contributed by atoms with Crippen LogP contribution in [0, 0.1) is 0 Å². The molecule has 6 rings (SSSR count). The largest absolute Gasteiger partial charge is 0.457 e. The van der Waals surface area contributed by atoms with Gasteiger partial charge in [0.05, 0.1) is 11.8 Å². The second-order valence-corrected chi connectivity index (χ2v) is 7.75. The minimum atomic E-state index is -0.379. The number of amides is 1. The number of para-hydroxylation sites is 2. The Hall–Kier alpha value is -4.00. The highest BCUT2D eigenvalue weighted by Gasteiger charge is 2.41. The van der Waals surface area contributed by atoms with E-state index in [1.54, 1.807) is 12.4 Å². The maximum Gasteiger partial charge on any atom is 0.234 e. The number of ether oxygens (including phenoxy) is 1. The van der Waals surface area contributed by atoms with E-state index in [1.165, 1.54) is 0 Å². The van der Waals surface area contributed by atoms with E-state index >= 15 is 0 Å². The van der Waals surface area contributed by atoms with E-state index in [1.807, 2.05) is 65.6 Å². The number of likely N-dealkylation sites (tertiary alicyclic amines) is 1. The van der Waals surface area contributed by atoms with Crippen LogP contribution in [0.3, 0.4) is 0 Å². The number of hydrogen-bond acceptors (Lipinski definition) is 6. The van der Waals surface area contributed by atoms with Crippen LogP contribution in [0.4, 0.5) is 0 Å². The number of carbonyl (C=O) groups excluding carboxylic acids is 1. The Morgan fingerprint density at radius 1 is 0.935 bits per heavy atom. The van der Waals surface area contributed by atoms with E-state index in [0.29, 0.717) is 24.8 Å². The van der Waals surface area contributed by atoms with Gasteiger partial charge >= 0.3 is 0 Å². The van der Waals surface area contributed by atoms with Crippen LogP contribution < -0.4 is 4.74 Å². The van der Waals surface area contributed by atoms with Crippen molar-refractivity contribution < 1.29 is 14.1 Å². The van der Waals surface area contributed by atoms with E-state index in [2.05, 4.69) is 15.1 Å². The molecule has 0 unspecified atom stereocenters. The lowest BCUT2D eigenvalue weighted by Crippen LogP contribution is -2.50. The molecule has 2 aliphatic rings. The molecule has 1 amide bonds. The van der Waals surface area contributed by atoms with E-state index in [9.17, 15) is 4.79 Å². The molecule has 0 saturated carbocycles. The Kier molecular flexibility index (Phi) is 4.06. The van der Waals surface area contributed by atoms with E-state index < -0.39 is 0 Å². The number of fused-ring (bicyclic) bond motifs is 2. The van der Waals surface area contributed by atoms with Crippen molar-refractivity contribution >= 4 is 5.91 Å². The molecule has 4 heterocycles. The first-order valence-corrected chi connectivity index (χ1v) is 10.2. The average Bonchev–Trinajstić information content (AvgIpc) is 3.26. The van der Waals surface area contributed by atoms with Gasteiger partial charge in [0.15, 0.2) is 0 Å². The lowest BCUT2D eigenvalue weighted by Gasteiger charge is -2.40. The monoisotopic (exact) mass is 410 g/mol. The molecule has 1 saturated heterocycles. The summed E-state index contributed by atoms with van der Waals surface area (Å²) in [4.78, 5) is 23.9. The van der Waals surface area contributed by atoms with Gasteiger partial charge in [0, 0.05) is 42.2 Å². The van der Waals surface area contributed by atoms with Crippen molar-refractivity contribution in [3.8, 4) is 22.9 Å². The van der Waals surface area contributed by atoms with Crippen LogP contribution in [0.25, 0.3) is 11.4 Å². The van der Waals surface area contributed by atoms with Crippen molar-refractivity contribution in [2.75, 3.05) is 13.1 Å². The molecule has 0 aliphatic carbocycles. The second-order valence-electron chi connectivity index (χ2n) is 7.75. The molecule has 31 heavy (non-hydrogen) atoms. The number of benzene rings is 2. The highest BCUT2D eigenvalue weighted by molar-refractivity contribution is 5.90. The number of aromatic nitrogens is 3. The van der Waals surface area contributed by atoms with Crippen molar-refractivity contribution in [1.82, 2.24) is 20.0 Å². The second kappa shape index (κ2) is 7.05. The summed E-state index contributed by atoms with van der Waals surface area (Å²) < 4.78 is 11.5. The molecular weight excluding hydrogens is 392 g/mol. The Labute approximate surface area is 178 Å². The van der Waals surface area contributed by atoms with Crippen LogP contribution in [0.2, 0.25) is 0 Å². The van der Waals surface area contributed by atoms with Gasteiger partial charge < -0.3 is 14.2 Å². The fourth-order valence-corrected chi connectivity index (χ4v) is 4.19. The standard InChI is InChI=1S/C24H18N4O3/c29-24(21-17-7-1-3-9-19(17)30-20-10-4-2-8-18(20)21)28-13-16(14-28)23-26-22(27-31-23)15-6-5-11-25-12-15/h1-12,16,21H,13-14H2. The predicted molar refractivity (Wildman–Crippen MR) is 112 cm³/mol. The molecule has 0 atom stereocenters. The van der Waals surface area contributed by atoms with Gasteiger partial charge in [0.1, 0.15) is 11.5 Å². The van der Waals surface area contributed by atoms with E-state index in [-0.39, 0.29) is 17.7 Å². The van der Waals surface area contributed by atoms with Gasteiger partial charge in [-0.25, -0.2) is 0 Å². The predicted octanol–water partition coefficient (Wildman–Crippen LogP) is 4.00. The Morgan fingerprint density at radius 2 is 1.65 bits per heavy atom. The topological polar surface area (TPSA) is 81.4 Å². The molecule has 0 bridgehead atoms. The van der Waals surface area contributed by atoms with Crippen molar-refractivity contribution in [1.29, 1.82) is 0 Å². The summed E-state index contributed by atoms with van der Waals surface area (Å²) >= 11 is 0. The highest BCUT2D eigenvalue weighted by Crippen LogP contribution is 2.45. The minimum absolute atomic E-state index is 0.0344. The average molecular weight is 410 g/mol. The van der Waals surface area contributed by atoms with Crippen LogP contribution in [0.1, 0.15) is 28.9 Å². The molecule has 0 spiro atoms. The van der Waals surface area contributed by atoms with Gasteiger partial charge in [-0.15, -0.1) is 0 Å². The van der Waals surface area contributed by atoms with Crippen LogP contribution in [-0.4, -0.2) is 39.0 Å². The van der Waals surface area contributed by atoms with Crippen molar-refractivity contribution in [3.63, 3.8) is 0 Å². The number of hydrogen-bond donors (Lipinski definition) is 0. The van der Waals surface area contributed by atoms with Crippen molar-refractivity contribution in [2.24, 2.45) is 0 Å². The number of nitrogens with zero attached hydrogens (tertiary/aromatic N) is 4.